The lowest BCUT2D eigenvalue weighted by Crippen LogP contribution is -2.56. The first-order valence-corrected chi connectivity index (χ1v) is 13.1. The number of amides is 3. The van der Waals surface area contributed by atoms with Crippen LogP contribution in [0.2, 0.25) is 0 Å². The third-order valence-electron chi connectivity index (χ3n) is 5.69. The molecule has 0 saturated heterocycles. The van der Waals surface area contributed by atoms with Gasteiger partial charge in [0.1, 0.15) is 23.4 Å². The fourth-order valence-corrected chi connectivity index (χ4v) is 4.35. The van der Waals surface area contributed by atoms with Crippen molar-refractivity contribution in [1.82, 2.24) is 15.5 Å². The Morgan fingerprint density at radius 1 is 0.921 bits per heavy atom. The van der Waals surface area contributed by atoms with E-state index in [1.807, 2.05) is 59.7 Å². The number of rotatable bonds is 9. The van der Waals surface area contributed by atoms with Gasteiger partial charge >= 0.3 is 6.09 Å². The smallest absolute Gasteiger partial charge is 0.408 e. The van der Waals surface area contributed by atoms with Crippen LogP contribution >= 0.6 is 0 Å². The minimum Gasteiger partial charge on any atom is -0.508 e. The van der Waals surface area contributed by atoms with Crippen LogP contribution in [0, 0.1) is 13.8 Å². The first kappa shape index (κ1) is 30.7. The average molecular weight is 526 g/mol. The van der Waals surface area contributed by atoms with Gasteiger partial charge in [-0.1, -0.05) is 41.5 Å². The molecule has 0 aliphatic rings. The zero-order chi connectivity index (χ0) is 28.8. The molecule has 2 rings (SSSR count). The Bertz CT molecular complexity index is 1100. The van der Waals surface area contributed by atoms with E-state index in [9.17, 15) is 19.5 Å². The van der Waals surface area contributed by atoms with Gasteiger partial charge in [-0.15, -0.1) is 0 Å². The highest BCUT2D eigenvalue weighted by molar-refractivity contribution is 5.92. The lowest BCUT2D eigenvalue weighted by atomic mass is 9.96. The number of nitrogens with one attached hydrogen (secondary N) is 2. The molecule has 2 aromatic carbocycles. The van der Waals surface area contributed by atoms with Gasteiger partial charge < -0.3 is 25.4 Å². The van der Waals surface area contributed by atoms with Crippen LogP contribution in [-0.4, -0.2) is 51.6 Å². The summed E-state index contributed by atoms with van der Waals surface area (Å²) >= 11 is 0. The van der Waals surface area contributed by atoms with Crippen LogP contribution in [0.1, 0.15) is 76.8 Å². The van der Waals surface area contributed by atoms with Crippen molar-refractivity contribution >= 4 is 17.9 Å². The zero-order valence-electron chi connectivity index (χ0n) is 24.1. The van der Waals surface area contributed by atoms with Gasteiger partial charge in [-0.25, -0.2) is 4.79 Å². The summed E-state index contributed by atoms with van der Waals surface area (Å²) in [5.41, 5.74) is 2.63. The molecule has 2 unspecified atom stereocenters. The second-order valence-corrected chi connectivity index (χ2v) is 11.4. The van der Waals surface area contributed by atoms with Crippen LogP contribution in [0.5, 0.6) is 5.75 Å². The Kier molecular flexibility index (Phi) is 10.3. The highest BCUT2D eigenvalue weighted by Gasteiger charge is 2.38. The van der Waals surface area contributed by atoms with E-state index >= 15 is 0 Å². The van der Waals surface area contributed by atoms with Gasteiger partial charge in [0.15, 0.2) is 0 Å². The first-order valence-electron chi connectivity index (χ1n) is 13.1. The fraction of sp³-hybridized carbons (Fsp3) is 0.500. The number of carbonyl (C=O) groups is 3. The van der Waals surface area contributed by atoms with E-state index in [0.717, 1.165) is 16.7 Å². The molecule has 0 aromatic heterocycles. The predicted molar refractivity (Wildman–Crippen MR) is 149 cm³/mol. The first-order chi connectivity index (χ1) is 17.6. The minimum absolute atomic E-state index is 0.0979. The van der Waals surface area contributed by atoms with Crippen molar-refractivity contribution < 1.29 is 24.2 Å². The molecule has 0 saturated carbocycles. The van der Waals surface area contributed by atoms with E-state index in [4.69, 9.17) is 4.74 Å². The van der Waals surface area contributed by atoms with Gasteiger partial charge in [-0.2, -0.15) is 0 Å². The molecule has 208 valence electrons. The van der Waals surface area contributed by atoms with Crippen LogP contribution in [0.4, 0.5) is 4.79 Å². The second kappa shape index (κ2) is 12.8. The van der Waals surface area contributed by atoms with E-state index in [-0.39, 0.29) is 30.2 Å². The van der Waals surface area contributed by atoms with E-state index in [2.05, 4.69) is 10.6 Å². The van der Waals surface area contributed by atoms with Crippen LogP contribution in [0.3, 0.4) is 0 Å². The normalized spacial score (nSPS) is 13.1. The molecule has 0 aliphatic carbocycles. The number of phenols is 1. The van der Waals surface area contributed by atoms with Crippen molar-refractivity contribution in [2.75, 3.05) is 0 Å². The van der Waals surface area contributed by atoms with Gasteiger partial charge in [-0.05, 0) is 85.6 Å². The summed E-state index contributed by atoms with van der Waals surface area (Å²) in [5, 5.41) is 15.4. The van der Waals surface area contributed by atoms with Gasteiger partial charge in [0, 0.05) is 18.5 Å². The van der Waals surface area contributed by atoms with Crippen molar-refractivity contribution in [3.8, 4) is 5.75 Å². The molecule has 0 aliphatic heterocycles. The summed E-state index contributed by atoms with van der Waals surface area (Å²) in [7, 11) is 0. The SMILES string of the molecule is Cc1cc(C)cc(C(C(=O)NC(C)C)N(C(=O)C(Cc2ccc(O)cc2)NC(=O)OC(C)(C)C)C(C)C)c1. The van der Waals surface area contributed by atoms with Gasteiger partial charge in [0.25, 0.3) is 0 Å². The molecule has 2 atom stereocenters. The Morgan fingerprint density at radius 3 is 1.95 bits per heavy atom. The van der Waals surface area contributed by atoms with Crippen LogP contribution < -0.4 is 10.6 Å². The molecule has 38 heavy (non-hydrogen) atoms. The maximum absolute atomic E-state index is 14.3. The molecule has 2 aromatic rings. The Labute approximate surface area is 226 Å². The molecule has 3 N–H and O–H groups in total. The standard InChI is InChI=1S/C30H43N3O5/c1-18(2)31-27(35)26(23-15-20(5)14-21(6)16-23)33(19(3)4)28(36)25(32-29(37)38-30(7,8)9)17-22-10-12-24(34)13-11-22/h10-16,18-19,25-26,34H,17H2,1-9H3,(H,31,35)(H,32,37). The molecule has 8 heteroatoms. The molecular weight excluding hydrogens is 482 g/mol. The Hall–Kier alpha value is -3.55. The third-order valence-corrected chi connectivity index (χ3v) is 5.69. The number of aromatic hydroxyl groups is 1. The number of aryl methyl sites for hydroxylation is 2. The summed E-state index contributed by atoms with van der Waals surface area (Å²) in [6.45, 7) is 16.6. The summed E-state index contributed by atoms with van der Waals surface area (Å²) < 4.78 is 5.45. The fourth-order valence-electron chi connectivity index (χ4n) is 4.35. The Balaban J connectivity index is 2.58. The van der Waals surface area contributed by atoms with Crippen LogP contribution in [-0.2, 0) is 20.7 Å². The number of phenolic OH excluding ortho intramolecular Hbond substituents is 1. The Morgan fingerprint density at radius 2 is 1.47 bits per heavy atom. The summed E-state index contributed by atoms with van der Waals surface area (Å²) in [4.78, 5) is 42.2. The topological polar surface area (TPSA) is 108 Å². The number of benzene rings is 2. The summed E-state index contributed by atoms with van der Waals surface area (Å²) in [6.07, 6.45) is -0.583. The predicted octanol–water partition coefficient (Wildman–Crippen LogP) is 4.95. The molecule has 3 amide bonds. The second-order valence-electron chi connectivity index (χ2n) is 11.4. The largest absolute Gasteiger partial charge is 0.508 e. The van der Waals surface area contributed by atoms with Crippen molar-refractivity contribution in [3.05, 3.63) is 64.7 Å². The van der Waals surface area contributed by atoms with Crippen LogP contribution in [0.15, 0.2) is 42.5 Å². The van der Waals surface area contributed by atoms with E-state index in [1.165, 1.54) is 17.0 Å². The molecule has 8 nitrogen and oxygen atoms in total. The number of hydrogen-bond donors (Lipinski definition) is 3. The molecule has 0 fully saturated rings. The highest BCUT2D eigenvalue weighted by atomic mass is 16.6. The van der Waals surface area contributed by atoms with Gasteiger partial charge in [-0.3, -0.25) is 9.59 Å². The van der Waals surface area contributed by atoms with Gasteiger partial charge in [0.2, 0.25) is 11.8 Å². The number of alkyl carbamates (subject to hydrolysis) is 1. The average Bonchev–Trinajstić information content (AvgIpc) is 2.75. The highest BCUT2D eigenvalue weighted by Crippen LogP contribution is 2.28. The number of nitrogens with zero attached hydrogens (tertiary/aromatic N) is 1. The van der Waals surface area contributed by atoms with E-state index in [1.54, 1.807) is 32.9 Å². The van der Waals surface area contributed by atoms with E-state index < -0.39 is 29.7 Å². The van der Waals surface area contributed by atoms with Crippen molar-refractivity contribution in [1.29, 1.82) is 0 Å². The van der Waals surface area contributed by atoms with Crippen molar-refractivity contribution in [2.24, 2.45) is 0 Å². The van der Waals surface area contributed by atoms with Crippen molar-refractivity contribution in [3.63, 3.8) is 0 Å². The molecule has 0 bridgehead atoms. The van der Waals surface area contributed by atoms with Crippen molar-refractivity contribution in [2.45, 2.75) is 98.5 Å². The summed E-state index contributed by atoms with van der Waals surface area (Å²) in [6, 6.07) is 9.85. The quantitative estimate of drug-likeness (QED) is 0.429. The maximum atomic E-state index is 14.3. The lowest BCUT2D eigenvalue weighted by molar-refractivity contribution is -0.144. The molecular formula is C30H43N3O5. The summed E-state index contributed by atoms with van der Waals surface area (Å²) in [5.74, 6) is -0.615. The number of carbonyl (C=O) groups excluding carboxylic acids is 3. The zero-order valence-corrected chi connectivity index (χ0v) is 24.1. The lowest BCUT2D eigenvalue weighted by Gasteiger charge is -2.37. The monoisotopic (exact) mass is 525 g/mol. The van der Waals surface area contributed by atoms with Crippen LogP contribution in [0.25, 0.3) is 0 Å². The molecule has 0 heterocycles. The van der Waals surface area contributed by atoms with E-state index in [0.29, 0.717) is 5.56 Å². The molecule has 0 radical (unpaired) electrons. The third kappa shape index (κ3) is 9.08. The number of ether oxygens (including phenoxy) is 1. The molecule has 0 spiro atoms. The van der Waals surface area contributed by atoms with Gasteiger partial charge in [0.05, 0.1) is 0 Å². The minimum atomic E-state index is -1.02. The maximum Gasteiger partial charge on any atom is 0.408 e. The number of hydrogen-bond acceptors (Lipinski definition) is 5.